The van der Waals surface area contributed by atoms with Gasteiger partial charge in [0, 0.05) is 6.54 Å². The number of fused-ring (bicyclic) bond motifs is 1. The predicted octanol–water partition coefficient (Wildman–Crippen LogP) is 1.97. The number of benzene rings is 1. The third kappa shape index (κ3) is 2.90. The number of aryl methyl sites for hydroxylation is 2. The molecule has 8 nitrogen and oxygen atoms in total. The van der Waals surface area contributed by atoms with Gasteiger partial charge in [0.25, 0.3) is 11.5 Å². The molecule has 1 aliphatic heterocycles. The van der Waals surface area contributed by atoms with Gasteiger partial charge >= 0.3 is 0 Å². The summed E-state index contributed by atoms with van der Waals surface area (Å²) in [5.41, 5.74) is 1.40. The molecule has 3 heterocycles. The Balaban J connectivity index is 1.83. The number of carbonyl (C=O) groups excluding carboxylic acids is 1. The van der Waals surface area contributed by atoms with Gasteiger partial charge < -0.3 is 14.5 Å². The molecule has 1 saturated heterocycles. The SMILES string of the molecule is Cc1noc(C)c1C(=O)N1CCCC1c1nc2ccccc2c(=O)n1CCO. The molecule has 1 aromatic carbocycles. The quantitative estimate of drug-likeness (QED) is 0.740. The van der Waals surface area contributed by atoms with E-state index in [1.165, 1.54) is 4.57 Å². The first kappa shape index (κ1) is 18.4. The first-order chi connectivity index (χ1) is 13.5. The van der Waals surface area contributed by atoms with Crippen molar-refractivity contribution < 1.29 is 14.4 Å². The fraction of sp³-hybridized carbons (Fsp3) is 0.400. The number of rotatable bonds is 4. The van der Waals surface area contributed by atoms with Gasteiger partial charge in [-0.3, -0.25) is 14.2 Å². The standard InChI is InChI=1S/C20H22N4O4/c1-12-17(13(2)28-22-12)20(27)23-9-5-8-16(23)18-21-15-7-4-3-6-14(15)19(26)24(18)10-11-25/h3-4,6-7,16,25H,5,8-11H2,1-2H3. The third-order valence-electron chi connectivity index (χ3n) is 5.27. The normalized spacial score (nSPS) is 16.8. The summed E-state index contributed by atoms with van der Waals surface area (Å²) in [5, 5.41) is 13.9. The minimum Gasteiger partial charge on any atom is -0.395 e. The molecule has 0 aliphatic carbocycles. The zero-order chi connectivity index (χ0) is 19.8. The zero-order valence-corrected chi connectivity index (χ0v) is 15.9. The summed E-state index contributed by atoms with van der Waals surface area (Å²) >= 11 is 0. The van der Waals surface area contributed by atoms with Crippen LogP contribution in [0.3, 0.4) is 0 Å². The topological polar surface area (TPSA) is 101 Å². The van der Waals surface area contributed by atoms with Gasteiger partial charge in [0.15, 0.2) is 0 Å². The summed E-state index contributed by atoms with van der Waals surface area (Å²) in [7, 11) is 0. The number of aliphatic hydroxyl groups excluding tert-OH is 1. The first-order valence-electron chi connectivity index (χ1n) is 9.37. The Hall–Kier alpha value is -3.00. The maximum Gasteiger partial charge on any atom is 0.261 e. The van der Waals surface area contributed by atoms with Gasteiger partial charge in [-0.1, -0.05) is 17.3 Å². The van der Waals surface area contributed by atoms with Crippen molar-refractivity contribution in [1.29, 1.82) is 0 Å². The molecular formula is C20H22N4O4. The maximum atomic E-state index is 13.2. The Bertz CT molecular complexity index is 1080. The van der Waals surface area contributed by atoms with E-state index in [1.54, 1.807) is 36.9 Å². The van der Waals surface area contributed by atoms with Gasteiger partial charge in [-0.2, -0.15) is 0 Å². The van der Waals surface area contributed by atoms with E-state index < -0.39 is 0 Å². The number of para-hydroxylation sites is 1. The smallest absolute Gasteiger partial charge is 0.261 e. The van der Waals surface area contributed by atoms with E-state index in [9.17, 15) is 14.7 Å². The zero-order valence-electron chi connectivity index (χ0n) is 15.9. The van der Waals surface area contributed by atoms with Crippen molar-refractivity contribution in [3.8, 4) is 0 Å². The van der Waals surface area contributed by atoms with Crippen LogP contribution in [0.25, 0.3) is 10.9 Å². The van der Waals surface area contributed by atoms with E-state index in [-0.39, 0.29) is 30.7 Å². The summed E-state index contributed by atoms with van der Waals surface area (Å²) in [5.74, 6) is 0.819. The highest BCUT2D eigenvalue weighted by Crippen LogP contribution is 2.33. The van der Waals surface area contributed by atoms with Gasteiger partial charge in [0.2, 0.25) is 0 Å². The van der Waals surface area contributed by atoms with Crippen molar-refractivity contribution in [3.63, 3.8) is 0 Å². The monoisotopic (exact) mass is 382 g/mol. The van der Waals surface area contributed by atoms with E-state index in [2.05, 4.69) is 5.16 Å². The van der Waals surface area contributed by atoms with Crippen molar-refractivity contribution >= 4 is 16.8 Å². The average molecular weight is 382 g/mol. The van der Waals surface area contributed by atoms with Crippen LogP contribution in [-0.2, 0) is 6.54 Å². The number of aliphatic hydroxyl groups is 1. The number of likely N-dealkylation sites (tertiary alicyclic amines) is 1. The lowest BCUT2D eigenvalue weighted by atomic mass is 10.1. The first-order valence-corrected chi connectivity index (χ1v) is 9.37. The molecule has 1 N–H and O–H groups in total. The molecule has 1 fully saturated rings. The van der Waals surface area contributed by atoms with Gasteiger partial charge in [0.1, 0.15) is 17.1 Å². The lowest BCUT2D eigenvalue weighted by molar-refractivity contribution is 0.0723. The molecule has 4 rings (SSSR count). The van der Waals surface area contributed by atoms with E-state index in [4.69, 9.17) is 9.51 Å². The highest BCUT2D eigenvalue weighted by molar-refractivity contribution is 5.96. The maximum absolute atomic E-state index is 13.2. The van der Waals surface area contributed by atoms with Crippen molar-refractivity contribution in [2.24, 2.45) is 0 Å². The summed E-state index contributed by atoms with van der Waals surface area (Å²) in [6, 6.07) is 6.79. The second-order valence-corrected chi connectivity index (χ2v) is 7.02. The van der Waals surface area contributed by atoms with Crippen molar-refractivity contribution in [3.05, 3.63) is 57.5 Å². The van der Waals surface area contributed by atoms with Crippen molar-refractivity contribution in [2.75, 3.05) is 13.2 Å². The lowest BCUT2D eigenvalue weighted by Crippen LogP contribution is -2.36. The highest BCUT2D eigenvalue weighted by atomic mass is 16.5. The van der Waals surface area contributed by atoms with Crippen molar-refractivity contribution in [2.45, 2.75) is 39.3 Å². The molecule has 1 amide bonds. The predicted molar refractivity (Wildman–Crippen MR) is 102 cm³/mol. The van der Waals surface area contributed by atoms with Crippen LogP contribution >= 0.6 is 0 Å². The molecule has 3 aromatic rings. The van der Waals surface area contributed by atoms with Crippen LogP contribution in [0.5, 0.6) is 0 Å². The Morgan fingerprint density at radius 3 is 2.82 bits per heavy atom. The summed E-state index contributed by atoms with van der Waals surface area (Å²) < 4.78 is 6.65. The number of nitrogens with zero attached hydrogens (tertiary/aromatic N) is 4. The Morgan fingerprint density at radius 1 is 1.32 bits per heavy atom. The Labute approximate surface area is 161 Å². The molecule has 0 spiro atoms. The van der Waals surface area contributed by atoms with Crippen LogP contribution in [0.1, 0.15) is 46.5 Å². The molecule has 146 valence electrons. The number of hydrogen-bond acceptors (Lipinski definition) is 6. The fourth-order valence-electron chi connectivity index (χ4n) is 3.97. The minimum absolute atomic E-state index is 0.135. The Morgan fingerprint density at radius 2 is 2.11 bits per heavy atom. The molecule has 1 aliphatic rings. The molecule has 0 radical (unpaired) electrons. The van der Waals surface area contributed by atoms with Crippen LogP contribution in [0, 0.1) is 13.8 Å². The fourth-order valence-corrected chi connectivity index (χ4v) is 3.97. The molecule has 1 unspecified atom stereocenters. The van der Waals surface area contributed by atoms with Crippen LogP contribution < -0.4 is 5.56 Å². The van der Waals surface area contributed by atoms with Gasteiger partial charge in [-0.05, 0) is 38.8 Å². The van der Waals surface area contributed by atoms with E-state index in [0.717, 1.165) is 6.42 Å². The average Bonchev–Trinajstić information content (AvgIpc) is 3.30. The van der Waals surface area contributed by atoms with E-state index in [1.807, 2.05) is 6.07 Å². The van der Waals surface area contributed by atoms with E-state index in [0.29, 0.717) is 46.7 Å². The minimum atomic E-state index is -0.343. The number of aromatic nitrogens is 3. The van der Waals surface area contributed by atoms with Gasteiger partial charge in [0.05, 0.1) is 35.8 Å². The molecule has 28 heavy (non-hydrogen) atoms. The second-order valence-electron chi connectivity index (χ2n) is 7.02. The molecule has 0 saturated carbocycles. The van der Waals surface area contributed by atoms with Gasteiger partial charge in [-0.15, -0.1) is 0 Å². The third-order valence-corrected chi connectivity index (χ3v) is 5.27. The summed E-state index contributed by atoms with van der Waals surface area (Å²) in [6.07, 6.45) is 1.51. The highest BCUT2D eigenvalue weighted by Gasteiger charge is 2.36. The molecule has 8 heteroatoms. The number of amides is 1. The summed E-state index contributed by atoms with van der Waals surface area (Å²) in [4.78, 5) is 32.7. The lowest BCUT2D eigenvalue weighted by Gasteiger charge is -2.26. The largest absolute Gasteiger partial charge is 0.395 e. The van der Waals surface area contributed by atoms with Crippen LogP contribution in [0.4, 0.5) is 0 Å². The number of hydrogen-bond donors (Lipinski definition) is 1. The van der Waals surface area contributed by atoms with Crippen LogP contribution in [-0.4, -0.2) is 43.8 Å². The van der Waals surface area contributed by atoms with Crippen LogP contribution in [0.2, 0.25) is 0 Å². The molecular weight excluding hydrogens is 360 g/mol. The second kappa shape index (κ2) is 7.20. The van der Waals surface area contributed by atoms with Gasteiger partial charge in [-0.25, -0.2) is 4.98 Å². The number of carbonyl (C=O) groups is 1. The molecule has 1 atom stereocenters. The van der Waals surface area contributed by atoms with Crippen molar-refractivity contribution in [1.82, 2.24) is 19.6 Å². The molecule has 0 bridgehead atoms. The van der Waals surface area contributed by atoms with Crippen LogP contribution in [0.15, 0.2) is 33.6 Å². The molecule has 2 aromatic heterocycles. The summed E-state index contributed by atoms with van der Waals surface area (Å²) in [6.45, 7) is 3.97. The Kier molecular flexibility index (Phi) is 4.72. The van der Waals surface area contributed by atoms with E-state index >= 15 is 0 Å².